The number of amides is 1. The van der Waals surface area contributed by atoms with Crippen LogP contribution >= 0.6 is 11.3 Å². The highest BCUT2D eigenvalue weighted by atomic mass is 32.1. The Morgan fingerprint density at radius 1 is 1.33 bits per heavy atom. The van der Waals surface area contributed by atoms with Crippen LogP contribution in [0.5, 0.6) is 0 Å². The number of hydrogen-bond acceptors (Lipinski definition) is 3. The maximum absolute atomic E-state index is 12.1. The van der Waals surface area contributed by atoms with Crippen molar-refractivity contribution in [3.8, 4) is 0 Å². The van der Waals surface area contributed by atoms with Crippen molar-refractivity contribution in [3.05, 3.63) is 16.0 Å². The number of anilines is 1. The Bertz CT molecular complexity index is 461. The number of carbonyl (C=O) groups excluding carboxylic acids is 1. The maximum atomic E-state index is 12.1. The first-order valence-corrected chi connectivity index (χ1v) is 7.73. The molecule has 1 aliphatic heterocycles. The van der Waals surface area contributed by atoms with Crippen molar-refractivity contribution in [3.63, 3.8) is 0 Å². The normalized spacial score (nSPS) is 22.8. The Morgan fingerprint density at radius 2 is 2.17 bits per heavy atom. The number of hydrogen-bond donors (Lipinski definition) is 2. The largest absolute Gasteiger partial charge is 0.316 e. The van der Waals surface area contributed by atoms with Crippen molar-refractivity contribution >= 4 is 22.2 Å². The second-order valence-corrected chi connectivity index (χ2v) is 6.41. The number of nitrogens with one attached hydrogen (secondary N) is 2. The summed E-state index contributed by atoms with van der Waals surface area (Å²) in [7, 11) is 0. The molecule has 0 radical (unpaired) electrons. The van der Waals surface area contributed by atoms with E-state index >= 15 is 0 Å². The van der Waals surface area contributed by atoms with Gasteiger partial charge >= 0.3 is 0 Å². The van der Waals surface area contributed by atoms with Crippen molar-refractivity contribution in [2.75, 3.05) is 11.9 Å². The van der Waals surface area contributed by atoms with Crippen LogP contribution in [0, 0.1) is 6.92 Å². The second kappa shape index (κ2) is 5.02. The van der Waals surface area contributed by atoms with Crippen LogP contribution in [0.3, 0.4) is 0 Å². The number of aryl methyl sites for hydroxylation is 1. The van der Waals surface area contributed by atoms with E-state index in [0.29, 0.717) is 0 Å². The fraction of sp³-hybridized carbons (Fsp3) is 0.643. The lowest BCUT2D eigenvalue weighted by molar-refractivity contribution is -0.117. The van der Waals surface area contributed by atoms with Gasteiger partial charge in [0.25, 0.3) is 0 Å². The zero-order valence-corrected chi connectivity index (χ0v) is 11.7. The third kappa shape index (κ3) is 2.19. The fourth-order valence-corrected chi connectivity index (χ4v) is 4.25. The third-order valence-corrected chi connectivity index (χ3v) is 5.36. The Kier molecular flexibility index (Phi) is 3.39. The van der Waals surface area contributed by atoms with E-state index in [2.05, 4.69) is 17.6 Å². The standard InChI is InChI=1S/C14H20N2OS/c1-9-10-5-2-3-7-12(10)18-14(9)16-13(17)11-6-4-8-15-11/h11,15H,2-8H2,1H3,(H,16,17). The van der Waals surface area contributed by atoms with Gasteiger partial charge in [-0.25, -0.2) is 0 Å². The van der Waals surface area contributed by atoms with Gasteiger partial charge < -0.3 is 10.6 Å². The van der Waals surface area contributed by atoms with Crippen LogP contribution < -0.4 is 10.6 Å². The molecule has 1 fully saturated rings. The third-order valence-electron chi connectivity index (χ3n) is 4.05. The molecule has 1 aliphatic carbocycles. The predicted molar refractivity (Wildman–Crippen MR) is 75.4 cm³/mol. The molecular formula is C14H20N2OS. The molecule has 18 heavy (non-hydrogen) atoms. The lowest BCUT2D eigenvalue weighted by Crippen LogP contribution is -2.35. The minimum atomic E-state index is 0.0172. The summed E-state index contributed by atoms with van der Waals surface area (Å²) in [5.41, 5.74) is 2.81. The maximum Gasteiger partial charge on any atom is 0.242 e. The lowest BCUT2D eigenvalue weighted by atomic mass is 9.96. The summed E-state index contributed by atoms with van der Waals surface area (Å²) in [5.74, 6) is 0.147. The van der Waals surface area contributed by atoms with Crippen LogP contribution in [0.15, 0.2) is 0 Å². The zero-order chi connectivity index (χ0) is 12.5. The highest BCUT2D eigenvalue weighted by Gasteiger charge is 2.24. The first kappa shape index (κ1) is 12.2. The van der Waals surface area contributed by atoms with Crippen LogP contribution in [0.4, 0.5) is 5.00 Å². The van der Waals surface area contributed by atoms with Crippen molar-refractivity contribution in [1.82, 2.24) is 5.32 Å². The second-order valence-electron chi connectivity index (χ2n) is 5.30. The lowest BCUT2D eigenvalue weighted by Gasteiger charge is -2.11. The number of fused-ring (bicyclic) bond motifs is 1. The van der Waals surface area contributed by atoms with E-state index in [1.165, 1.54) is 41.7 Å². The van der Waals surface area contributed by atoms with Crippen LogP contribution in [0.1, 0.15) is 41.7 Å². The Labute approximate surface area is 112 Å². The summed E-state index contributed by atoms with van der Waals surface area (Å²) in [5, 5.41) is 7.46. The van der Waals surface area contributed by atoms with Gasteiger partial charge in [-0.15, -0.1) is 11.3 Å². The molecule has 0 saturated carbocycles. The molecule has 1 amide bonds. The van der Waals surface area contributed by atoms with Crippen LogP contribution in [0.2, 0.25) is 0 Å². The van der Waals surface area contributed by atoms with Crippen molar-refractivity contribution < 1.29 is 4.79 Å². The summed E-state index contributed by atoms with van der Waals surface area (Å²) in [6.45, 7) is 3.12. The van der Waals surface area contributed by atoms with Gasteiger partial charge in [-0.05, 0) is 63.1 Å². The van der Waals surface area contributed by atoms with Gasteiger partial charge in [0.05, 0.1) is 11.0 Å². The number of thiophene rings is 1. The summed E-state index contributed by atoms with van der Waals surface area (Å²) in [4.78, 5) is 13.6. The Morgan fingerprint density at radius 3 is 2.89 bits per heavy atom. The molecule has 98 valence electrons. The summed E-state index contributed by atoms with van der Waals surface area (Å²) in [6, 6.07) is 0.0172. The first-order valence-electron chi connectivity index (χ1n) is 6.91. The Hall–Kier alpha value is -0.870. The highest BCUT2D eigenvalue weighted by molar-refractivity contribution is 7.16. The molecule has 0 bridgehead atoms. The van der Waals surface area contributed by atoms with Crippen molar-refractivity contribution in [1.29, 1.82) is 0 Å². The van der Waals surface area contributed by atoms with Gasteiger partial charge in [0, 0.05) is 4.88 Å². The fourth-order valence-electron chi connectivity index (χ4n) is 2.95. The molecule has 2 N–H and O–H groups in total. The molecule has 2 aliphatic rings. The average Bonchev–Trinajstić information content (AvgIpc) is 3.00. The summed E-state index contributed by atoms with van der Waals surface area (Å²) < 4.78 is 0. The molecule has 3 nitrogen and oxygen atoms in total. The van der Waals surface area contributed by atoms with E-state index in [1.807, 2.05) is 0 Å². The van der Waals surface area contributed by atoms with Gasteiger partial charge in [0.15, 0.2) is 0 Å². The average molecular weight is 264 g/mol. The first-order chi connectivity index (χ1) is 8.75. The monoisotopic (exact) mass is 264 g/mol. The van der Waals surface area contributed by atoms with Gasteiger partial charge in [-0.1, -0.05) is 0 Å². The van der Waals surface area contributed by atoms with E-state index in [4.69, 9.17) is 0 Å². The van der Waals surface area contributed by atoms with Gasteiger partial charge in [-0.3, -0.25) is 4.79 Å². The van der Waals surface area contributed by atoms with E-state index in [0.717, 1.165) is 24.4 Å². The molecular weight excluding hydrogens is 244 g/mol. The molecule has 0 aromatic carbocycles. The quantitative estimate of drug-likeness (QED) is 0.862. The van der Waals surface area contributed by atoms with E-state index < -0.39 is 0 Å². The molecule has 0 spiro atoms. The number of rotatable bonds is 2. The van der Waals surface area contributed by atoms with Crippen LogP contribution in [0.25, 0.3) is 0 Å². The summed E-state index contributed by atoms with van der Waals surface area (Å²) in [6.07, 6.45) is 7.05. The van der Waals surface area contributed by atoms with Gasteiger partial charge in [0.1, 0.15) is 0 Å². The minimum absolute atomic E-state index is 0.0172. The molecule has 1 unspecified atom stereocenters. The van der Waals surface area contributed by atoms with Crippen LogP contribution in [-0.2, 0) is 17.6 Å². The van der Waals surface area contributed by atoms with Crippen molar-refractivity contribution in [2.45, 2.75) is 51.5 Å². The smallest absolute Gasteiger partial charge is 0.242 e. The van der Waals surface area contributed by atoms with Gasteiger partial charge in [-0.2, -0.15) is 0 Å². The molecule has 2 heterocycles. The van der Waals surface area contributed by atoms with E-state index in [-0.39, 0.29) is 11.9 Å². The predicted octanol–water partition coefficient (Wildman–Crippen LogP) is 2.63. The topological polar surface area (TPSA) is 41.1 Å². The molecule has 1 aromatic heterocycles. The van der Waals surface area contributed by atoms with Gasteiger partial charge in [0.2, 0.25) is 5.91 Å². The molecule has 4 heteroatoms. The summed E-state index contributed by atoms with van der Waals surface area (Å²) >= 11 is 1.79. The Balaban J connectivity index is 1.76. The molecule has 3 rings (SSSR count). The van der Waals surface area contributed by atoms with Crippen LogP contribution in [-0.4, -0.2) is 18.5 Å². The molecule has 1 atom stereocenters. The van der Waals surface area contributed by atoms with Crippen molar-refractivity contribution in [2.24, 2.45) is 0 Å². The highest BCUT2D eigenvalue weighted by Crippen LogP contribution is 2.37. The van der Waals surface area contributed by atoms with E-state index in [1.54, 1.807) is 11.3 Å². The minimum Gasteiger partial charge on any atom is -0.316 e. The molecule has 1 aromatic rings. The molecule has 1 saturated heterocycles. The number of carbonyl (C=O) groups is 1. The van der Waals surface area contributed by atoms with E-state index in [9.17, 15) is 4.79 Å². The SMILES string of the molecule is Cc1c(NC(=O)C2CCCN2)sc2c1CCCC2. The zero-order valence-electron chi connectivity index (χ0n) is 10.8.